The van der Waals surface area contributed by atoms with E-state index < -0.39 is 5.97 Å². The van der Waals surface area contributed by atoms with Gasteiger partial charge in [0.1, 0.15) is 5.75 Å². The predicted molar refractivity (Wildman–Crippen MR) is 67.3 cm³/mol. The van der Waals surface area contributed by atoms with Crippen LogP contribution < -0.4 is 4.74 Å². The lowest BCUT2D eigenvalue weighted by molar-refractivity contribution is -0.136. The van der Waals surface area contributed by atoms with E-state index in [9.17, 15) is 4.79 Å². The lowest BCUT2D eigenvalue weighted by atomic mass is 10.1. The number of rotatable bonds is 6. The number of hydrogen-bond donors (Lipinski definition) is 1. The minimum atomic E-state index is -0.765. The van der Waals surface area contributed by atoms with Crippen molar-refractivity contribution in [3.05, 3.63) is 29.8 Å². The van der Waals surface area contributed by atoms with Crippen LogP contribution in [0.25, 0.3) is 0 Å². The summed E-state index contributed by atoms with van der Waals surface area (Å²) >= 11 is 0. The van der Waals surface area contributed by atoms with Crippen LogP contribution in [0.5, 0.6) is 5.75 Å². The third-order valence-corrected chi connectivity index (χ3v) is 2.81. The number of aryl methyl sites for hydroxylation is 1. The molecule has 1 aromatic carbocycles. The molecule has 0 aliphatic carbocycles. The highest BCUT2D eigenvalue weighted by molar-refractivity contribution is 5.67. The highest BCUT2D eigenvalue weighted by Gasteiger charge is 2.08. The first kappa shape index (κ1) is 13.6. The van der Waals surface area contributed by atoms with E-state index in [0.717, 1.165) is 11.3 Å². The Morgan fingerprint density at radius 1 is 1.24 bits per heavy atom. The Kier molecular flexibility index (Phi) is 5.01. The summed E-state index contributed by atoms with van der Waals surface area (Å²) in [6, 6.07) is 7.64. The van der Waals surface area contributed by atoms with Gasteiger partial charge < -0.3 is 9.84 Å². The molecule has 0 saturated carbocycles. The average Bonchev–Trinajstić information content (AvgIpc) is 2.28. The van der Waals surface area contributed by atoms with Gasteiger partial charge in [-0.15, -0.1) is 0 Å². The van der Waals surface area contributed by atoms with E-state index in [0.29, 0.717) is 12.3 Å². The van der Waals surface area contributed by atoms with Crippen LogP contribution in [0.15, 0.2) is 24.3 Å². The molecule has 0 aromatic heterocycles. The molecule has 1 atom stereocenters. The summed E-state index contributed by atoms with van der Waals surface area (Å²) in [5.41, 5.74) is 1.02. The summed E-state index contributed by atoms with van der Waals surface area (Å²) in [7, 11) is 0. The van der Waals surface area contributed by atoms with Gasteiger partial charge in [-0.05, 0) is 37.0 Å². The molecule has 0 bridgehead atoms. The van der Waals surface area contributed by atoms with Gasteiger partial charge in [0.25, 0.3) is 0 Å². The molecular weight excluding hydrogens is 216 g/mol. The molecule has 0 amide bonds. The molecule has 0 saturated heterocycles. The van der Waals surface area contributed by atoms with Crippen LogP contribution in [0, 0.1) is 5.92 Å². The molecule has 1 rings (SSSR count). The van der Waals surface area contributed by atoms with Gasteiger partial charge in [0.2, 0.25) is 0 Å². The molecule has 0 radical (unpaired) electrons. The standard InChI is InChI=1S/C14H20O3/c1-10(2)11(3)17-13-7-4-12(5-8-13)6-9-14(15)16/h4-5,7-8,10-11H,6,9H2,1-3H3,(H,15,16). The molecule has 0 aliphatic heterocycles. The zero-order valence-electron chi connectivity index (χ0n) is 10.6. The van der Waals surface area contributed by atoms with Crippen molar-refractivity contribution >= 4 is 5.97 Å². The minimum Gasteiger partial charge on any atom is -0.490 e. The van der Waals surface area contributed by atoms with Crippen molar-refractivity contribution in [2.75, 3.05) is 0 Å². The van der Waals surface area contributed by atoms with E-state index in [1.807, 2.05) is 31.2 Å². The van der Waals surface area contributed by atoms with Crippen molar-refractivity contribution in [1.82, 2.24) is 0 Å². The molecule has 0 spiro atoms. The fourth-order valence-corrected chi connectivity index (χ4v) is 1.34. The Bertz CT molecular complexity index is 354. The van der Waals surface area contributed by atoms with Gasteiger partial charge in [0, 0.05) is 6.42 Å². The molecule has 1 unspecified atom stereocenters. The van der Waals surface area contributed by atoms with Crippen LogP contribution >= 0.6 is 0 Å². The second-order valence-electron chi connectivity index (χ2n) is 4.60. The summed E-state index contributed by atoms with van der Waals surface area (Å²) < 4.78 is 5.74. The van der Waals surface area contributed by atoms with Gasteiger partial charge >= 0.3 is 5.97 Å². The number of carboxylic acids is 1. The highest BCUT2D eigenvalue weighted by atomic mass is 16.5. The third kappa shape index (κ3) is 4.89. The van der Waals surface area contributed by atoms with Crippen molar-refractivity contribution in [2.45, 2.75) is 39.7 Å². The number of hydrogen-bond acceptors (Lipinski definition) is 2. The van der Waals surface area contributed by atoms with E-state index in [1.165, 1.54) is 0 Å². The Morgan fingerprint density at radius 3 is 2.29 bits per heavy atom. The van der Waals surface area contributed by atoms with Crippen molar-refractivity contribution in [3.8, 4) is 5.75 Å². The Morgan fingerprint density at radius 2 is 1.82 bits per heavy atom. The Balaban J connectivity index is 2.53. The van der Waals surface area contributed by atoms with Crippen LogP contribution in [-0.4, -0.2) is 17.2 Å². The van der Waals surface area contributed by atoms with Gasteiger partial charge in [-0.25, -0.2) is 0 Å². The zero-order chi connectivity index (χ0) is 12.8. The van der Waals surface area contributed by atoms with E-state index in [4.69, 9.17) is 9.84 Å². The zero-order valence-corrected chi connectivity index (χ0v) is 10.6. The number of aliphatic carboxylic acids is 1. The smallest absolute Gasteiger partial charge is 0.303 e. The van der Waals surface area contributed by atoms with Crippen LogP contribution in [0.3, 0.4) is 0 Å². The van der Waals surface area contributed by atoms with E-state index >= 15 is 0 Å². The van der Waals surface area contributed by atoms with Crippen molar-refractivity contribution in [1.29, 1.82) is 0 Å². The lowest BCUT2D eigenvalue weighted by Gasteiger charge is -2.18. The van der Waals surface area contributed by atoms with Crippen molar-refractivity contribution in [2.24, 2.45) is 5.92 Å². The molecular formula is C14H20O3. The van der Waals surface area contributed by atoms with E-state index in [1.54, 1.807) is 0 Å². The molecule has 3 heteroatoms. The maximum absolute atomic E-state index is 10.4. The molecule has 3 nitrogen and oxygen atoms in total. The molecule has 0 heterocycles. The van der Waals surface area contributed by atoms with Crippen LogP contribution in [-0.2, 0) is 11.2 Å². The van der Waals surface area contributed by atoms with Gasteiger partial charge in [-0.3, -0.25) is 4.79 Å². The molecule has 94 valence electrons. The number of carbonyl (C=O) groups is 1. The van der Waals surface area contributed by atoms with Crippen LogP contribution in [0.2, 0.25) is 0 Å². The molecule has 1 N–H and O–H groups in total. The second-order valence-corrected chi connectivity index (χ2v) is 4.60. The Hall–Kier alpha value is -1.51. The Labute approximate surface area is 102 Å². The summed E-state index contributed by atoms with van der Waals surface area (Å²) in [5, 5.41) is 8.58. The maximum Gasteiger partial charge on any atom is 0.303 e. The topological polar surface area (TPSA) is 46.5 Å². The maximum atomic E-state index is 10.4. The number of benzene rings is 1. The van der Waals surface area contributed by atoms with Gasteiger partial charge in [-0.1, -0.05) is 26.0 Å². The first-order valence-corrected chi connectivity index (χ1v) is 5.96. The highest BCUT2D eigenvalue weighted by Crippen LogP contribution is 2.17. The molecule has 0 fully saturated rings. The minimum absolute atomic E-state index is 0.169. The van der Waals surface area contributed by atoms with Gasteiger partial charge in [0.15, 0.2) is 0 Å². The second kappa shape index (κ2) is 6.28. The fourth-order valence-electron chi connectivity index (χ4n) is 1.34. The summed E-state index contributed by atoms with van der Waals surface area (Å²) in [6.45, 7) is 6.28. The first-order chi connectivity index (χ1) is 7.99. The lowest BCUT2D eigenvalue weighted by Crippen LogP contribution is -2.18. The van der Waals surface area contributed by atoms with Gasteiger partial charge in [-0.2, -0.15) is 0 Å². The van der Waals surface area contributed by atoms with E-state index in [2.05, 4.69) is 13.8 Å². The quantitative estimate of drug-likeness (QED) is 0.825. The summed E-state index contributed by atoms with van der Waals surface area (Å²) in [4.78, 5) is 10.4. The fraction of sp³-hybridized carbons (Fsp3) is 0.500. The van der Waals surface area contributed by atoms with Crippen LogP contribution in [0.1, 0.15) is 32.8 Å². The van der Waals surface area contributed by atoms with Gasteiger partial charge in [0.05, 0.1) is 6.10 Å². The monoisotopic (exact) mass is 236 g/mol. The summed E-state index contributed by atoms with van der Waals surface area (Å²) in [5.74, 6) is 0.547. The van der Waals surface area contributed by atoms with Crippen molar-refractivity contribution in [3.63, 3.8) is 0 Å². The largest absolute Gasteiger partial charge is 0.490 e. The van der Waals surface area contributed by atoms with Crippen LogP contribution in [0.4, 0.5) is 0 Å². The number of ether oxygens (including phenoxy) is 1. The normalized spacial score (nSPS) is 12.5. The van der Waals surface area contributed by atoms with E-state index in [-0.39, 0.29) is 12.5 Å². The van der Waals surface area contributed by atoms with Crippen molar-refractivity contribution < 1.29 is 14.6 Å². The molecule has 17 heavy (non-hydrogen) atoms. The predicted octanol–water partition coefficient (Wildman–Crippen LogP) is 3.13. The SMILES string of the molecule is CC(C)C(C)Oc1ccc(CCC(=O)O)cc1. The molecule has 1 aromatic rings. The number of carboxylic acid groups (broad SMARTS) is 1. The average molecular weight is 236 g/mol. The summed E-state index contributed by atoms with van der Waals surface area (Å²) in [6.07, 6.45) is 0.915. The third-order valence-electron chi connectivity index (χ3n) is 2.81. The first-order valence-electron chi connectivity index (χ1n) is 5.96. The molecule has 0 aliphatic rings.